The van der Waals surface area contributed by atoms with Crippen LogP contribution in [-0.2, 0) is 0 Å². The standard InChI is InChI=1S/C15H14ClFN4O/c1-7-5-12(22-4)11(17)6-10(7)13-8(2)20-21-14(13)18-9(3)19-15(21)16/h5-6H,1-4H3. The van der Waals surface area contributed by atoms with E-state index in [4.69, 9.17) is 16.3 Å². The second-order valence-electron chi connectivity index (χ2n) is 5.04. The van der Waals surface area contributed by atoms with Crippen LogP contribution in [0.5, 0.6) is 5.75 Å². The maximum absolute atomic E-state index is 14.1. The van der Waals surface area contributed by atoms with Gasteiger partial charge in [0.2, 0.25) is 5.28 Å². The summed E-state index contributed by atoms with van der Waals surface area (Å²) in [5.74, 6) is 0.309. The summed E-state index contributed by atoms with van der Waals surface area (Å²) in [6.45, 7) is 5.46. The molecule has 2 aromatic heterocycles. The molecule has 0 unspecified atom stereocenters. The van der Waals surface area contributed by atoms with Crippen molar-refractivity contribution in [3.05, 3.63) is 40.3 Å². The first kappa shape index (κ1) is 14.7. The van der Waals surface area contributed by atoms with Crippen molar-refractivity contribution in [3.63, 3.8) is 0 Å². The fraction of sp³-hybridized carbons (Fsp3) is 0.267. The van der Waals surface area contributed by atoms with Crippen LogP contribution in [-0.4, -0.2) is 26.7 Å². The van der Waals surface area contributed by atoms with Gasteiger partial charge in [0.15, 0.2) is 17.2 Å². The number of hydrogen-bond donors (Lipinski definition) is 0. The monoisotopic (exact) mass is 320 g/mol. The molecule has 0 spiro atoms. The lowest BCUT2D eigenvalue weighted by Crippen LogP contribution is -1.99. The van der Waals surface area contributed by atoms with E-state index < -0.39 is 5.82 Å². The lowest BCUT2D eigenvalue weighted by Gasteiger charge is -2.09. The third-order valence-corrected chi connectivity index (χ3v) is 3.75. The van der Waals surface area contributed by atoms with E-state index in [1.165, 1.54) is 17.7 Å². The molecule has 0 aliphatic rings. The summed E-state index contributed by atoms with van der Waals surface area (Å²) >= 11 is 6.11. The maximum atomic E-state index is 14.1. The number of hydrogen-bond acceptors (Lipinski definition) is 4. The highest BCUT2D eigenvalue weighted by Gasteiger charge is 2.19. The summed E-state index contributed by atoms with van der Waals surface area (Å²) < 4.78 is 20.6. The van der Waals surface area contributed by atoms with Crippen molar-refractivity contribution in [2.24, 2.45) is 0 Å². The zero-order valence-corrected chi connectivity index (χ0v) is 13.4. The molecule has 2 heterocycles. The van der Waals surface area contributed by atoms with Gasteiger partial charge < -0.3 is 4.74 Å². The molecule has 0 amide bonds. The van der Waals surface area contributed by atoms with Crippen LogP contribution in [0.1, 0.15) is 17.1 Å². The molecule has 0 atom stereocenters. The largest absolute Gasteiger partial charge is 0.494 e. The molecule has 0 saturated heterocycles. The van der Waals surface area contributed by atoms with Crippen LogP contribution >= 0.6 is 11.6 Å². The van der Waals surface area contributed by atoms with Gasteiger partial charge in [-0.05, 0) is 55.6 Å². The van der Waals surface area contributed by atoms with Crippen LogP contribution < -0.4 is 4.74 Å². The highest BCUT2D eigenvalue weighted by molar-refractivity contribution is 6.28. The predicted octanol–water partition coefficient (Wildman–Crippen LogP) is 3.52. The Balaban J connectivity index is 2.36. The molecule has 3 rings (SSSR count). The van der Waals surface area contributed by atoms with E-state index in [2.05, 4.69) is 15.1 Å². The first-order chi connectivity index (χ1) is 10.4. The zero-order valence-electron chi connectivity index (χ0n) is 12.6. The molecule has 3 aromatic rings. The van der Waals surface area contributed by atoms with E-state index >= 15 is 0 Å². The fourth-order valence-electron chi connectivity index (χ4n) is 2.50. The van der Waals surface area contributed by atoms with E-state index in [9.17, 15) is 4.39 Å². The maximum Gasteiger partial charge on any atom is 0.227 e. The van der Waals surface area contributed by atoms with Gasteiger partial charge in [-0.2, -0.15) is 9.61 Å². The Hall–Kier alpha value is -2.21. The van der Waals surface area contributed by atoms with Crippen molar-refractivity contribution in [1.29, 1.82) is 0 Å². The summed E-state index contributed by atoms with van der Waals surface area (Å²) in [5.41, 5.74) is 3.58. The first-order valence-electron chi connectivity index (χ1n) is 6.66. The Bertz CT molecular complexity index is 891. The summed E-state index contributed by atoms with van der Waals surface area (Å²) in [4.78, 5) is 8.48. The van der Waals surface area contributed by atoms with Crippen molar-refractivity contribution in [2.45, 2.75) is 20.8 Å². The highest BCUT2D eigenvalue weighted by Crippen LogP contribution is 2.34. The number of rotatable bonds is 2. The molecule has 22 heavy (non-hydrogen) atoms. The predicted molar refractivity (Wildman–Crippen MR) is 81.9 cm³/mol. The van der Waals surface area contributed by atoms with Gasteiger partial charge in [0.05, 0.1) is 18.4 Å². The summed E-state index contributed by atoms with van der Waals surface area (Å²) in [6.07, 6.45) is 0. The van der Waals surface area contributed by atoms with Gasteiger partial charge in [-0.15, -0.1) is 0 Å². The minimum absolute atomic E-state index is 0.208. The molecule has 0 radical (unpaired) electrons. The van der Waals surface area contributed by atoms with Gasteiger partial charge in [-0.1, -0.05) is 0 Å². The van der Waals surface area contributed by atoms with Crippen molar-refractivity contribution in [3.8, 4) is 16.9 Å². The Morgan fingerprint density at radius 3 is 2.59 bits per heavy atom. The minimum Gasteiger partial charge on any atom is -0.494 e. The van der Waals surface area contributed by atoms with E-state index in [0.717, 1.165) is 11.1 Å². The summed E-state index contributed by atoms with van der Waals surface area (Å²) in [5, 5.41) is 4.57. The second-order valence-corrected chi connectivity index (χ2v) is 5.38. The number of fused-ring (bicyclic) bond motifs is 1. The van der Waals surface area contributed by atoms with Gasteiger partial charge in [0.25, 0.3) is 0 Å². The van der Waals surface area contributed by atoms with E-state index in [0.29, 0.717) is 22.7 Å². The molecule has 0 bridgehead atoms. The Kier molecular flexibility index (Phi) is 3.48. The SMILES string of the molecule is COc1cc(C)c(-c2c(C)nn3c(Cl)nc(C)nc23)cc1F. The molecule has 7 heteroatoms. The Morgan fingerprint density at radius 1 is 1.18 bits per heavy atom. The molecule has 114 valence electrons. The minimum atomic E-state index is -0.432. The summed E-state index contributed by atoms with van der Waals surface area (Å²) in [7, 11) is 1.44. The molecule has 0 saturated carbocycles. The number of benzene rings is 1. The van der Waals surface area contributed by atoms with Crippen LogP contribution in [0.2, 0.25) is 5.28 Å². The van der Waals surface area contributed by atoms with Crippen molar-refractivity contribution >= 4 is 17.2 Å². The molecule has 1 aromatic carbocycles. The molecule has 0 fully saturated rings. The Labute approximate surface area is 131 Å². The number of halogens is 2. The topological polar surface area (TPSA) is 52.3 Å². The van der Waals surface area contributed by atoms with Gasteiger partial charge in [0.1, 0.15) is 5.82 Å². The zero-order chi connectivity index (χ0) is 16.0. The molecular weight excluding hydrogens is 307 g/mol. The molecule has 0 aliphatic heterocycles. The van der Waals surface area contributed by atoms with Crippen LogP contribution in [0.15, 0.2) is 12.1 Å². The van der Waals surface area contributed by atoms with E-state index in [1.807, 2.05) is 13.8 Å². The van der Waals surface area contributed by atoms with E-state index in [-0.39, 0.29) is 11.0 Å². The van der Waals surface area contributed by atoms with Crippen LogP contribution in [0, 0.1) is 26.6 Å². The Morgan fingerprint density at radius 2 is 1.91 bits per heavy atom. The van der Waals surface area contributed by atoms with Crippen LogP contribution in [0.25, 0.3) is 16.8 Å². The highest BCUT2D eigenvalue weighted by atomic mass is 35.5. The molecule has 0 aliphatic carbocycles. The van der Waals surface area contributed by atoms with Gasteiger partial charge in [0, 0.05) is 0 Å². The van der Waals surface area contributed by atoms with Crippen molar-refractivity contribution in [2.75, 3.05) is 7.11 Å². The molecule has 5 nitrogen and oxygen atoms in total. The smallest absolute Gasteiger partial charge is 0.227 e. The summed E-state index contributed by atoms with van der Waals surface area (Å²) in [6, 6.07) is 3.09. The third kappa shape index (κ3) is 2.20. The van der Waals surface area contributed by atoms with Crippen LogP contribution in [0.4, 0.5) is 4.39 Å². The first-order valence-corrected chi connectivity index (χ1v) is 7.04. The number of ether oxygens (including phenoxy) is 1. The number of nitrogens with zero attached hydrogens (tertiary/aromatic N) is 4. The quantitative estimate of drug-likeness (QED) is 0.725. The van der Waals surface area contributed by atoms with Gasteiger partial charge >= 0.3 is 0 Å². The van der Waals surface area contributed by atoms with E-state index in [1.54, 1.807) is 13.0 Å². The van der Waals surface area contributed by atoms with Gasteiger partial charge in [-0.3, -0.25) is 0 Å². The van der Waals surface area contributed by atoms with Crippen molar-refractivity contribution < 1.29 is 9.13 Å². The normalized spacial score (nSPS) is 11.2. The lowest BCUT2D eigenvalue weighted by atomic mass is 10.00. The molecular formula is C15H14ClFN4O. The fourth-order valence-corrected chi connectivity index (χ4v) is 2.74. The van der Waals surface area contributed by atoms with Gasteiger partial charge in [-0.25, -0.2) is 14.4 Å². The third-order valence-electron chi connectivity index (χ3n) is 3.50. The van der Waals surface area contributed by atoms with Crippen LogP contribution in [0.3, 0.4) is 0 Å². The second kappa shape index (κ2) is 5.21. The lowest BCUT2D eigenvalue weighted by molar-refractivity contribution is 0.386. The average Bonchev–Trinajstić information content (AvgIpc) is 2.77. The number of aromatic nitrogens is 4. The molecule has 0 N–H and O–H groups in total. The van der Waals surface area contributed by atoms with Crippen molar-refractivity contribution in [1.82, 2.24) is 19.6 Å². The number of aryl methyl sites for hydroxylation is 3. The number of methoxy groups -OCH3 is 1. The average molecular weight is 321 g/mol.